The summed E-state index contributed by atoms with van der Waals surface area (Å²) in [5.41, 5.74) is 0.0651. The van der Waals surface area contributed by atoms with Crippen LogP contribution in [-0.4, -0.2) is 28.0 Å². The summed E-state index contributed by atoms with van der Waals surface area (Å²) < 4.78 is 32.0. The molecule has 1 aromatic heterocycles. The molecule has 25 heavy (non-hydrogen) atoms. The van der Waals surface area contributed by atoms with E-state index < -0.39 is 29.6 Å². The lowest BCUT2D eigenvalue weighted by molar-refractivity contribution is -0.143. The van der Waals surface area contributed by atoms with Gasteiger partial charge in [-0.1, -0.05) is 13.8 Å². The Bertz CT molecular complexity index is 774. The normalized spacial score (nSPS) is 12.2. The fraction of sp³-hybridized carbons (Fsp3) is 0.353. The van der Waals surface area contributed by atoms with Crippen molar-refractivity contribution in [2.75, 3.05) is 0 Å². The summed E-state index contributed by atoms with van der Waals surface area (Å²) in [5.74, 6) is -2.96. The molecule has 0 saturated heterocycles. The van der Waals surface area contributed by atoms with Crippen molar-refractivity contribution in [3.05, 3.63) is 41.9 Å². The van der Waals surface area contributed by atoms with Gasteiger partial charge in [0.25, 0.3) is 0 Å². The minimum atomic E-state index is -1.10. The summed E-state index contributed by atoms with van der Waals surface area (Å²) in [6.07, 6.45) is 1.39. The fourth-order valence-corrected chi connectivity index (χ4v) is 2.22. The van der Waals surface area contributed by atoms with Crippen molar-refractivity contribution in [3.8, 4) is 11.3 Å². The first-order chi connectivity index (χ1) is 11.8. The third-order valence-electron chi connectivity index (χ3n) is 3.57. The predicted molar refractivity (Wildman–Crippen MR) is 84.6 cm³/mol. The van der Waals surface area contributed by atoms with Crippen LogP contribution in [0.25, 0.3) is 11.3 Å². The Morgan fingerprint density at radius 1 is 1.32 bits per heavy atom. The smallest absolute Gasteiger partial charge is 0.326 e. The molecule has 134 valence electrons. The summed E-state index contributed by atoms with van der Waals surface area (Å²) in [4.78, 5) is 26.9. The molecule has 2 rings (SSSR count). The number of aromatic nitrogens is 1. The molecule has 8 heteroatoms. The molecule has 2 N–H and O–H groups in total. The Kier molecular flexibility index (Phi) is 5.84. The second-order valence-electron chi connectivity index (χ2n) is 5.87. The van der Waals surface area contributed by atoms with Crippen LogP contribution >= 0.6 is 0 Å². The summed E-state index contributed by atoms with van der Waals surface area (Å²) in [6.45, 7) is 3.38. The summed E-state index contributed by atoms with van der Waals surface area (Å²) in [7, 11) is 0. The molecule has 0 radical (unpaired) electrons. The molecular weight excluding hydrogens is 334 g/mol. The number of oxazole rings is 1. The van der Waals surface area contributed by atoms with E-state index in [0.29, 0.717) is 0 Å². The highest BCUT2D eigenvalue weighted by Crippen LogP contribution is 2.24. The van der Waals surface area contributed by atoms with Gasteiger partial charge in [0.1, 0.15) is 17.7 Å². The number of nitrogens with zero attached hydrogens (tertiary/aromatic N) is 1. The first-order valence-electron chi connectivity index (χ1n) is 7.70. The Labute approximate surface area is 142 Å². The van der Waals surface area contributed by atoms with Crippen LogP contribution in [0.1, 0.15) is 26.2 Å². The summed E-state index contributed by atoms with van der Waals surface area (Å²) >= 11 is 0. The Hall–Kier alpha value is -2.77. The van der Waals surface area contributed by atoms with E-state index in [4.69, 9.17) is 9.52 Å². The van der Waals surface area contributed by atoms with Gasteiger partial charge in [0.15, 0.2) is 11.7 Å². The van der Waals surface area contributed by atoms with E-state index in [0.717, 1.165) is 12.1 Å². The van der Waals surface area contributed by atoms with E-state index in [-0.39, 0.29) is 36.0 Å². The highest BCUT2D eigenvalue weighted by molar-refractivity contribution is 5.83. The van der Waals surface area contributed by atoms with Crippen molar-refractivity contribution < 1.29 is 27.9 Å². The topological polar surface area (TPSA) is 92.4 Å². The van der Waals surface area contributed by atoms with Crippen molar-refractivity contribution in [1.29, 1.82) is 0 Å². The molecule has 0 saturated carbocycles. The molecule has 1 aromatic carbocycles. The first kappa shape index (κ1) is 18.6. The number of halogens is 2. The zero-order chi connectivity index (χ0) is 18.6. The number of carboxylic acid groups (broad SMARTS) is 1. The molecule has 1 heterocycles. The number of aryl methyl sites for hydroxylation is 1. The zero-order valence-corrected chi connectivity index (χ0v) is 13.8. The van der Waals surface area contributed by atoms with Crippen LogP contribution in [-0.2, 0) is 16.0 Å². The van der Waals surface area contributed by atoms with E-state index in [1.165, 1.54) is 12.3 Å². The molecule has 2 aromatic rings. The van der Waals surface area contributed by atoms with Crippen molar-refractivity contribution in [2.24, 2.45) is 5.92 Å². The lowest BCUT2D eigenvalue weighted by atomic mass is 10.0. The number of nitrogens with one attached hydrogen (secondary N) is 1. The number of aliphatic carboxylic acids is 1. The standard InChI is InChI=1S/C17H18F2N2O4/c1-9(2)16(17(23)24)21-14(22)5-6-15-20-8-13(25-15)11-4-3-10(18)7-12(11)19/h3-4,7-9,16H,5-6H2,1-2H3,(H,21,22)(H,23,24)/t16-/m0/s1. The van der Waals surface area contributed by atoms with Crippen LogP contribution < -0.4 is 5.32 Å². The summed E-state index contributed by atoms with van der Waals surface area (Å²) in [6, 6.07) is 2.11. The van der Waals surface area contributed by atoms with Gasteiger partial charge in [0.2, 0.25) is 5.91 Å². The van der Waals surface area contributed by atoms with Crippen molar-refractivity contribution in [1.82, 2.24) is 10.3 Å². The van der Waals surface area contributed by atoms with Gasteiger partial charge < -0.3 is 14.8 Å². The van der Waals surface area contributed by atoms with E-state index >= 15 is 0 Å². The van der Waals surface area contributed by atoms with Crippen LogP contribution in [0.4, 0.5) is 8.78 Å². The van der Waals surface area contributed by atoms with Crippen molar-refractivity contribution in [3.63, 3.8) is 0 Å². The lowest BCUT2D eigenvalue weighted by Gasteiger charge is -2.17. The van der Waals surface area contributed by atoms with Gasteiger partial charge in [0, 0.05) is 18.9 Å². The molecule has 0 unspecified atom stereocenters. The molecule has 0 aliphatic rings. The van der Waals surface area contributed by atoms with E-state index in [9.17, 15) is 18.4 Å². The Morgan fingerprint density at radius 3 is 2.64 bits per heavy atom. The number of hydrogen-bond donors (Lipinski definition) is 2. The molecule has 1 atom stereocenters. The maximum absolute atomic E-state index is 13.7. The van der Waals surface area contributed by atoms with Crippen LogP contribution in [0.5, 0.6) is 0 Å². The minimum absolute atomic E-state index is 0.0254. The largest absolute Gasteiger partial charge is 0.480 e. The molecule has 0 aliphatic heterocycles. The van der Waals surface area contributed by atoms with Crippen LogP contribution in [0.15, 0.2) is 28.8 Å². The number of hydrogen-bond acceptors (Lipinski definition) is 4. The van der Waals surface area contributed by atoms with Crippen molar-refractivity contribution >= 4 is 11.9 Å². The maximum atomic E-state index is 13.7. The number of benzene rings is 1. The van der Waals surface area contributed by atoms with Gasteiger partial charge in [-0.25, -0.2) is 18.6 Å². The molecule has 6 nitrogen and oxygen atoms in total. The second kappa shape index (κ2) is 7.87. The quantitative estimate of drug-likeness (QED) is 0.799. The first-order valence-corrected chi connectivity index (χ1v) is 7.70. The van der Waals surface area contributed by atoms with E-state index in [2.05, 4.69) is 10.3 Å². The van der Waals surface area contributed by atoms with Crippen LogP contribution in [0.2, 0.25) is 0 Å². The molecular formula is C17H18F2N2O4. The van der Waals surface area contributed by atoms with Gasteiger partial charge in [-0.2, -0.15) is 0 Å². The molecule has 0 bridgehead atoms. The number of rotatable bonds is 7. The average Bonchev–Trinajstić information content (AvgIpc) is 2.98. The number of amides is 1. The Balaban J connectivity index is 1.97. The predicted octanol–water partition coefficient (Wildman–Crippen LogP) is 2.78. The molecule has 1 amide bonds. The van der Waals surface area contributed by atoms with Crippen LogP contribution in [0, 0.1) is 17.6 Å². The SMILES string of the molecule is CC(C)[C@H](NC(=O)CCc1ncc(-c2ccc(F)cc2F)o1)C(=O)O. The van der Waals surface area contributed by atoms with Crippen LogP contribution in [0.3, 0.4) is 0 Å². The van der Waals surface area contributed by atoms with E-state index in [1.807, 2.05) is 0 Å². The lowest BCUT2D eigenvalue weighted by Crippen LogP contribution is -2.44. The summed E-state index contributed by atoms with van der Waals surface area (Å²) in [5, 5.41) is 11.5. The molecule has 0 spiro atoms. The third kappa shape index (κ3) is 4.85. The van der Waals surface area contributed by atoms with Gasteiger partial charge in [-0.3, -0.25) is 4.79 Å². The molecule has 0 aliphatic carbocycles. The van der Waals surface area contributed by atoms with Gasteiger partial charge in [-0.05, 0) is 18.1 Å². The highest BCUT2D eigenvalue weighted by Gasteiger charge is 2.23. The monoisotopic (exact) mass is 352 g/mol. The number of carboxylic acids is 1. The molecule has 0 fully saturated rings. The maximum Gasteiger partial charge on any atom is 0.326 e. The third-order valence-corrected chi connectivity index (χ3v) is 3.57. The van der Waals surface area contributed by atoms with Gasteiger partial charge in [0.05, 0.1) is 11.8 Å². The Morgan fingerprint density at radius 2 is 2.04 bits per heavy atom. The zero-order valence-electron chi connectivity index (χ0n) is 13.8. The fourth-order valence-electron chi connectivity index (χ4n) is 2.22. The second-order valence-corrected chi connectivity index (χ2v) is 5.87. The van der Waals surface area contributed by atoms with Gasteiger partial charge >= 0.3 is 5.97 Å². The number of carbonyl (C=O) groups excluding carboxylic acids is 1. The van der Waals surface area contributed by atoms with E-state index in [1.54, 1.807) is 13.8 Å². The minimum Gasteiger partial charge on any atom is -0.480 e. The highest BCUT2D eigenvalue weighted by atomic mass is 19.1. The van der Waals surface area contributed by atoms with Crippen molar-refractivity contribution in [2.45, 2.75) is 32.7 Å². The number of carbonyl (C=O) groups is 2. The van der Waals surface area contributed by atoms with Gasteiger partial charge in [-0.15, -0.1) is 0 Å². The average molecular weight is 352 g/mol.